The summed E-state index contributed by atoms with van der Waals surface area (Å²) in [5.74, 6) is -0.167. The Morgan fingerprint density at radius 3 is 2.47 bits per heavy atom. The van der Waals surface area contributed by atoms with E-state index in [1.54, 1.807) is 0 Å². The van der Waals surface area contributed by atoms with Gasteiger partial charge in [-0.25, -0.2) is 0 Å². The van der Waals surface area contributed by atoms with Crippen molar-refractivity contribution in [3.05, 3.63) is 29.3 Å². The summed E-state index contributed by atoms with van der Waals surface area (Å²) in [7, 11) is 0. The lowest BCUT2D eigenvalue weighted by molar-refractivity contribution is -0.136. The van der Waals surface area contributed by atoms with Gasteiger partial charge in [-0.3, -0.25) is 4.79 Å². The Kier molecular flexibility index (Phi) is 4.16. The summed E-state index contributed by atoms with van der Waals surface area (Å²) < 4.78 is 5.44. The van der Waals surface area contributed by atoms with Crippen molar-refractivity contribution in [2.24, 2.45) is 0 Å². The zero-order valence-corrected chi connectivity index (χ0v) is 10.9. The minimum atomic E-state index is -0.836. The highest BCUT2D eigenvalue weighted by atomic mass is 16.5. The van der Waals surface area contributed by atoms with Gasteiger partial charge in [0.2, 0.25) is 0 Å². The predicted octanol–water partition coefficient (Wildman–Crippen LogP) is 3.01. The van der Waals surface area contributed by atoms with Crippen molar-refractivity contribution in [2.75, 3.05) is 6.61 Å². The molecule has 0 radical (unpaired) electrons. The second-order valence-electron chi connectivity index (χ2n) is 5.08. The fourth-order valence-electron chi connectivity index (χ4n) is 1.64. The zero-order valence-electron chi connectivity index (χ0n) is 10.9. The first-order valence-electron chi connectivity index (χ1n) is 5.82. The van der Waals surface area contributed by atoms with Crippen molar-refractivity contribution in [2.45, 2.75) is 39.5 Å². The van der Waals surface area contributed by atoms with Crippen LogP contribution in [0.4, 0.5) is 0 Å². The van der Waals surface area contributed by atoms with E-state index >= 15 is 0 Å². The van der Waals surface area contributed by atoms with Crippen LogP contribution in [-0.2, 0) is 16.6 Å². The molecule has 17 heavy (non-hydrogen) atoms. The van der Waals surface area contributed by atoms with Crippen LogP contribution in [0, 0.1) is 0 Å². The van der Waals surface area contributed by atoms with Crippen LogP contribution < -0.4 is 4.74 Å². The van der Waals surface area contributed by atoms with Crippen LogP contribution in [0.1, 0.15) is 38.8 Å². The summed E-state index contributed by atoms with van der Waals surface area (Å²) in [4.78, 5) is 10.8. The quantitative estimate of drug-likeness (QED) is 0.874. The number of carboxylic acids is 1. The Bertz CT molecular complexity index is 402. The Labute approximate surface area is 102 Å². The standard InChI is InChI=1S/C14H20O3/c1-5-17-12-7-6-11(14(2,3)4)8-10(12)9-13(15)16/h6-8H,5,9H2,1-4H3,(H,15,16). The van der Waals surface area contributed by atoms with E-state index in [1.165, 1.54) is 0 Å². The van der Waals surface area contributed by atoms with Crippen LogP contribution in [0.15, 0.2) is 18.2 Å². The lowest BCUT2D eigenvalue weighted by Gasteiger charge is -2.21. The molecule has 1 rings (SSSR count). The molecule has 0 bridgehead atoms. The minimum absolute atomic E-state index is 0.000741. The van der Waals surface area contributed by atoms with E-state index < -0.39 is 5.97 Å². The van der Waals surface area contributed by atoms with Crippen LogP contribution in [0.5, 0.6) is 5.75 Å². The number of rotatable bonds is 4. The molecular formula is C14H20O3. The molecule has 0 fully saturated rings. The Morgan fingerprint density at radius 1 is 1.35 bits per heavy atom. The first-order chi connectivity index (χ1) is 7.84. The first-order valence-corrected chi connectivity index (χ1v) is 5.82. The maximum absolute atomic E-state index is 10.8. The molecule has 3 heteroatoms. The number of aliphatic carboxylic acids is 1. The lowest BCUT2D eigenvalue weighted by atomic mass is 9.85. The molecule has 3 nitrogen and oxygen atoms in total. The second kappa shape index (κ2) is 5.21. The summed E-state index contributed by atoms with van der Waals surface area (Å²) in [5, 5.41) is 8.90. The molecule has 0 amide bonds. The smallest absolute Gasteiger partial charge is 0.307 e. The molecule has 0 heterocycles. The third-order valence-corrected chi connectivity index (χ3v) is 2.57. The van der Waals surface area contributed by atoms with Crippen molar-refractivity contribution < 1.29 is 14.6 Å². The Balaban J connectivity index is 3.14. The molecule has 1 N–H and O–H groups in total. The number of carboxylic acid groups (broad SMARTS) is 1. The predicted molar refractivity (Wildman–Crippen MR) is 67.7 cm³/mol. The van der Waals surface area contributed by atoms with Gasteiger partial charge in [-0.15, -0.1) is 0 Å². The number of ether oxygens (including phenoxy) is 1. The molecule has 1 aromatic rings. The molecule has 0 spiro atoms. The molecule has 0 aliphatic carbocycles. The molecule has 1 aromatic carbocycles. The summed E-state index contributed by atoms with van der Waals surface area (Å²) in [6.45, 7) is 8.75. The summed E-state index contributed by atoms with van der Waals surface area (Å²) in [6.07, 6.45) is -0.000741. The molecule has 0 aliphatic rings. The van der Waals surface area contributed by atoms with Gasteiger partial charge >= 0.3 is 5.97 Å². The van der Waals surface area contributed by atoms with Crippen molar-refractivity contribution in [3.63, 3.8) is 0 Å². The van der Waals surface area contributed by atoms with Crippen LogP contribution in [0.25, 0.3) is 0 Å². The van der Waals surface area contributed by atoms with Gasteiger partial charge in [0.25, 0.3) is 0 Å². The van der Waals surface area contributed by atoms with Crippen molar-refractivity contribution in [3.8, 4) is 5.75 Å². The van der Waals surface area contributed by atoms with Crippen LogP contribution in [0.3, 0.4) is 0 Å². The average Bonchev–Trinajstić information content (AvgIpc) is 2.18. The van der Waals surface area contributed by atoms with E-state index in [9.17, 15) is 4.79 Å². The van der Waals surface area contributed by atoms with Gasteiger partial charge in [0.05, 0.1) is 13.0 Å². The Morgan fingerprint density at radius 2 is 2.00 bits per heavy atom. The largest absolute Gasteiger partial charge is 0.494 e. The van der Waals surface area contributed by atoms with Gasteiger partial charge in [0, 0.05) is 5.56 Å². The van der Waals surface area contributed by atoms with Gasteiger partial charge in [-0.2, -0.15) is 0 Å². The van der Waals surface area contributed by atoms with Gasteiger partial charge < -0.3 is 9.84 Å². The fourth-order valence-corrected chi connectivity index (χ4v) is 1.64. The maximum atomic E-state index is 10.8. The van der Waals surface area contributed by atoms with Crippen molar-refractivity contribution >= 4 is 5.97 Å². The third kappa shape index (κ3) is 3.77. The molecular weight excluding hydrogens is 216 g/mol. The van der Waals surface area contributed by atoms with Gasteiger partial charge in [0.1, 0.15) is 5.75 Å². The molecule has 0 atom stereocenters. The lowest BCUT2D eigenvalue weighted by Crippen LogP contribution is -2.13. The summed E-state index contributed by atoms with van der Waals surface area (Å²) >= 11 is 0. The number of carbonyl (C=O) groups is 1. The van der Waals surface area contributed by atoms with E-state index in [2.05, 4.69) is 20.8 Å². The highest BCUT2D eigenvalue weighted by Crippen LogP contribution is 2.28. The molecule has 0 unspecified atom stereocenters. The maximum Gasteiger partial charge on any atom is 0.307 e. The fraction of sp³-hybridized carbons (Fsp3) is 0.500. The molecule has 0 aromatic heterocycles. The molecule has 0 saturated heterocycles. The highest BCUT2D eigenvalue weighted by Gasteiger charge is 2.17. The summed E-state index contributed by atoms with van der Waals surface area (Å²) in [5.41, 5.74) is 1.88. The van der Waals surface area contributed by atoms with E-state index in [1.807, 2.05) is 25.1 Å². The normalized spacial score (nSPS) is 11.3. The summed E-state index contributed by atoms with van der Waals surface area (Å²) in [6, 6.07) is 5.79. The molecule has 0 aliphatic heterocycles. The monoisotopic (exact) mass is 236 g/mol. The van der Waals surface area contributed by atoms with Crippen LogP contribution >= 0.6 is 0 Å². The van der Waals surface area contributed by atoms with Crippen molar-refractivity contribution in [1.29, 1.82) is 0 Å². The molecule has 94 valence electrons. The number of benzene rings is 1. The van der Waals surface area contributed by atoms with Gasteiger partial charge in [0.15, 0.2) is 0 Å². The van der Waals surface area contributed by atoms with Crippen molar-refractivity contribution in [1.82, 2.24) is 0 Å². The van der Waals surface area contributed by atoms with Gasteiger partial charge in [-0.05, 0) is 24.0 Å². The topological polar surface area (TPSA) is 46.5 Å². The molecule has 0 saturated carbocycles. The number of hydrogen-bond acceptors (Lipinski definition) is 2. The third-order valence-electron chi connectivity index (χ3n) is 2.57. The zero-order chi connectivity index (χ0) is 13.1. The average molecular weight is 236 g/mol. The van der Waals surface area contributed by atoms with E-state index in [-0.39, 0.29) is 11.8 Å². The SMILES string of the molecule is CCOc1ccc(C(C)(C)C)cc1CC(=O)O. The first kappa shape index (κ1) is 13.6. The van der Waals surface area contributed by atoms with E-state index in [4.69, 9.17) is 9.84 Å². The number of hydrogen-bond donors (Lipinski definition) is 1. The van der Waals surface area contributed by atoms with E-state index in [0.29, 0.717) is 12.4 Å². The Hall–Kier alpha value is -1.51. The van der Waals surface area contributed by atoms with Crippen LogP contribution in [0.2, 0.25) is 0 Å². The van der Waals surface area contributed by atoms with Crippen LogP contribution in [-0.4, -0.2) is 17.7 Å². The minimum Gasteiger partial charge on any atom is -0.494 e. The second-order valence-corrected chi connectivity index (χ2v) is 5.08. The van der Waals surface area contributed by atoms with E-state index in [0.717, 1.165) is 11.1 Å². The highest BCUT2D eigenvalue weighted by molar-refractivity contribution is 5.71. The van der Waals surface area contributed by atoms with Gasteiger partial charge in [-0.1, -0.05) is 32.9 Å².